The third-order valence-electron chi connectivity index (χ3n) is 2.44. The molecule has 0 aromatic carbocycles. The highest BCUT2D eigenvalue weighted by atomic mass is 32.1. The number of nitrogens with one attached hydrogen (secondary N) is 1. The zero-order valence-electron chi connectivity index (χ0n) is 10.4. The van der Waals surface area contributed by atoms with Crippen LogP contribution in [0.4, 0.5) is 0 Å². The van der Waals surface area contributed by atoms with E-state index >= 15 is 0 Å². The number of carboxylic acid groups (broad SMARTS) is 1. The number of aryl methyl sites for hydroxylation is 1. The molecule has 4 nitrogen and oxygen atoms in total. The monoisotopic (exact) mass is 257 g/mol. The summed E-state index contributed by atoms with van der Waals surface area (Å²) < 4.78 is 5.30. The zero-order chi connectivity index (χ0) is 12.8. The van der Waals surface area contributed by atoms with Crippen LogP contribution in [0.2, 0.25) is 0 Å². The first-order valence-electron chi connectivity index (χ1n) is 5.68. The van der Waals surface area contributed by atoms with E-state index in [9.17, 15) is 4.79 Å². The summed E-state index contributed by atoms with van der Waals surface area (Å²) in [7, 11) is 0. The fourth-order valence-corrected chi connectivity index (χ4v) is 2.32. The second kappa shape index (κ2) is 6.74. The lowest BCUT2D eigenvalue weighted by molar-refractivity contribution is 0.0702. The zero-order valence-corrected chi connectivity index (χ0v) is 11.3. The summed E-state index contributed by atoms with van der Waals surface area (Å²) in [5.41, 5.74) is 1.05. The van der Waals surface area contributed by atoms with Crippen molar-refractivity contribution in [3.8, 4) is 0 Å². The summed E-state index contributed by atoms with van der Waals surface area (Å²) in [6.45, 7) is 8.04. The van der Waals surface area contributed by atoms with Gasteiger partial charge in [-0.05, 0) is 32.4 Å². The van der Waals surface area contributed by atoms with Crippen molar-refractivity contribution in [2.24, 2.45) is 0 Å². The van der Waals surface area contributed by atoms with Gasteiger partial charge in [-0.1, -0.05) is 0 Å². The average molecular weight is 257 g/mol. The van der Waals surface area contributed by atoms with Crippen molar-refractivity contribution in [3.63, 3.8) is 0 Å². The van der Waals surface area contributed by atoms with Gasteiger partial charge in [-0.3, -0.25) is 0 Å². The van der Waals surface area contributed by atoms with Gasteiger partial charge < -0.3 is 15.2 Å². The Balaban J connectivity index is 2.48. The van der Waals surface area contributed by atoms with Crippen LogP contribution in [-0.4, -0.2) is 30.3 Å². The highest BCUT2D eigenvalue weighted by molar-refractivity contribution is 7.14. The van der Waals surface area contributed by atoms with E-state index in [4.69, 9.17) is 9.84 Å². The smallest absolute Gasteiger partial charge is 0.345 e. The molecule has 0 saturated heterocycles. The van der Waals surface area contributed by atoms with E-state index in [0.29, 0.717) is 24.6 Å². The Morgan fingerprint density at radius 2 is 2.35 bits per heavy atom. The fourth-order valence-electron chi connectivity index (χ4n) is 1.44. The molecule has 0 aliphatic heterocycles. The summed E-state index contributed by atoms with van der Waals surface area (Å²) in [5.74, 6) is -0.855. The predicted octanol–water partition coefficient (Wildman–Crippen LogP) is 2.27. The minimum atomic E-state index is -0.855. The number of aromatic carboxylic acids is 1. The minimum Gasteiger partial charge on any atom is -0.477 e. The van der Waals surface area contributed by atoms with E-state index in [1.54, 1.807) is 6.07 Å². The van der Waals surface area contributed by atoms with E-state index in [-0.39, 0.29) is 6.04 Å². The quantitative estimate of drug-likeness (QED) is 0.786. The molecule has 0 saturated carbocycles. The van der Waals surface area contributed by atoms with Gasteiger partial charge in [-0.2, -0.15) is 0 Å². The molecule has 1 unspecified atom stereocenters. The van der Waals surface area contributed by atoms with E-state index < -0.39 is 5.97 Å². The largest absolute Gasteiger partial charge is 0.477 e. The van der Waals surface area contributed by atoms with Crippen LogP contribution in [0.25, 0.3) is 0 Å². The van der Waals surface area contributed by atoms with Gasteiger partial charge in [0, 0.05) is 24.1 Å². The molecule has 0 radical (unpaired) electrons. The lowest BCUT2D eigenvalue weighted by Gasteiger charge is -2.13. The summed E-state index contributed by atoms with van der Waals surface area (Å²) in [6, 6.07) is 2.01. The lowest BCUT2D eigenvalue weighted by atomic mass is 10.2. The summed E-state index contributed by atoms with van der Waals surface area (Å²) in [4.78, 5) is 12.3. The third-order valence-corrected chi connectivity index (χ3v) is 3.53. The van der Waals surface area contributed by atoms with Crippen molar-refractivity contribution in [2.45, 2.75) is 33.4 Å². The maximum atomic E-state index is 10.8. The Labute approximate surface area is 106 Å². The minimum absolute atomic E-state index is 0.266. The SMILES string of the molecule is CCOCC(C)NCc1cc(C(=O)O)sc1C. The van der Waals surface area contributed by atoms with Crippen LogP contribution in [0.1, 0.15) is 34.0 Å². The van der Waals surface area contributed by atoms with Crippen LogP contribution in [-0.2, 0) is 11.3 Å². The standard InChI is InChI=1S/C12H19NO3S/c1-4-16-7-8(2)13-6-10-5-11(12(14)15)17-9(10)3/h5,8,13H,4,6-7H2,1-3H3,(H,14,15). The van der Waals surface area contributed by atoms with Crippen LogP contribution >= 0.6 is 11.3 Å². The summed E-state index contributed by atoms with van der Waals surface area (Å²) >= 11 is 1.32. The van der Waals surface area contributed by atoms with E-state index in [2.05, 4.69) is 12.2 Å². The average Bonchev–Trinajstić information content (AvgIpc) is 2.65. The van der Waals surface area contributed by atoms with Crippen LogP contribution in [0.5, 0.6) is 0 Å². The topological polar surface area (TPSA) is 58.6 Å². The molecule has 17 heavy (non-hydrogen) atoms. The molecule has 0 aliphatic rings. The number of thiophene rings is 1. The number of carbonyl (C=O) groups is 1. The van der Waals surface area contributed by atoms with Crippen molar-refractivity contribution in [2.75, 3.05) is 13.2 Å². The molecular formula is C12H19NO3S. The van der Waals surface area contributed by atoms with Crippen molar-refractivity contribution in [1.29, 1.82) is 0 Å². The first kappa shape index (κ1) is 14.2. The van der Waals surface area contributed by atoms with Gasteiger partial charge in [0.25, 0.3) is 0 Å². The Bertz CT molecular complexity index is 376. The van der Waals surface area contributed by atoms with Gasteiger partial charge >= 0.3 is 5.97 Å². The second-order valence-electron chi connectivity index (χ2n) is 3.94. The van der Waals surface area contributed by atoms with Gasteiger partial charge in [0.1, 0.15) is 4.88 Å². The number of hydrogen-bond donors (Lipinski definition) is 2. The Hall–Kier alpha value is -0.910. The third kappa shape index (κ3) is 4.46. The van der Waals surface area contributed by atoms with Gasteiger partial charge in [0.05, 0.1) is 6.61 Å². The molecule has 0 fully saturated rings. The van der Waals surface area contributed by atoms with E-state index in [1.807, 2.05) is 13.8 Å². The highest BCUT2D eigenvalue weighted by Gasteiger charge is 2.11. The number of ether oxygens (including phenoxy) is 1. The molecule has 1 heterocycles. The first-order chi connectivity index (χ1) is 8.04. The second-order valence-corrected chi connectivity index (χ2v) is 5.19. The molecular weight excluding hydrogens is 238 g/mol. The Kier molecular flexibility index (Phi) is 5.61. The van der Waals surface area contributed by atoms with Gasteiger partial charge in [0.15, 0.2) is 0 Å². The Morgan fingerprint density at radius 1 is 1.65 bits per heavy atom. The summed E-state index contributed by atoms with van der Waals surface area (Å²) in [6.07, 6.45) is 0. The molecule has 1 aromatic rings. The maximum Gasteiger partial charge on any atom is 0.345 e. The van der Waals surface area contributed by atoms with Crippen molar-refractivity contribution >= 4 is 17.3 Å². The fraction of sp³-hybridized carbons (Fsp3) is 0.583. The number of hydrogen-bond acceptors (Lipinski definition) is 4. The van der Waals surface area contributed by atoms with E-state index in [1.165, 1.54) is 11.3 Å². The molecule has 2 N–H and O–H groups in total. The molecule has 0 amide bonds. The molecule has 1 aromatic heterocycles. The van der Waals surface area contributed by atoms with Crippen molar-refractivity contribution in [3.05, 3.63) is 21.4 Å². The van der Waals surface area contributed by atoms with Crippen LogP contribution in [0.3, 0.4) is 0 Å². The normalized spacial score (nSPS) is 12.6. The molecule has 0 spiro atoms. The molecule has 96 valence electrons. The molecule has 1 rings (SSSR count). The van der Waals surface area contributed by atoms with Gasteiger partial charge in [-0.25, -0.2) is 4.79 Å². The van der Waals surface area contributed by atoms with Crippen molar-refractivity contribution in [1.82, 2.24) is 5.32 Å². The van der Waals surface area contributed by atoms with Gasteiger partial charge in [-0.15, -0.1) is 11.3 Å². The number of carboxylic acids is 1. The van der Waals surface area contributed by atoms with Crippen molar-refractivity contribution < 1.29 is 14.6 Å². The molecule has 0 aliphatic carbocycles. The van der Waals surface area contributed by atoms with Gasteiger partial charge in [0.2, 0.25) is 0 Å². The molecule has 0 bridgehead atoms. The molecule has 5 heteroatoms. The van der Waals surface area contributed by atoms with Crippen LogP contribution < -0.4 is 5.32 Å². The first-order valence-corrected chi connectivity index (χ1v) is 6.50. The maximum absolute atomic E-state index is 10.8. The number of rotatable bonds is 7. The van der Waals surface area contributed by atoms with Crippen LogP contribution in [0, 0.1) is 6.92 Å². The lowest BCUT2D eigenvalue weighted by Crippen LogP contribution is -2.30. The predicted molar refractivity (Wildman–Crippen MR) is 68.8 cm³/mol. The Morgan fingerprint density at radius 3 is 2.88 bits per heavy atom. The van der Waals surface area contributed by atoms with E-state index in [0.717, 1.165) is 10.4 Å². The van der Waals surface area contributed by atoms with Crippen LogP contribution in [0.15, 0.2) is 6.07 Å². The molecule has 1 atom stereocenters. The summed E-state index contributed by atoms with van der Waals surface area (Å²) in [5, 5.41) is 12.2. The highest BCUT2D eigenvalue weighted by Crippen LogP contribution is 2.21.